The molecule has 0 bridgehead atoms. The van der Waals surface area contributed by atoms with Crippen molar-refractivity contribution >= 4 is 17.6 Å². The minimum absolute atomic E-state index is 0.294. The van der Waals surface area contributed by atoms with E-state index in [9.17, 15) is 9.59 Å². The maximum atomic E-state index is 11.3. The van der Waals surface area contributed by atoms with Crippen LogP contribution in [0.15, 0.2) is 18.2 Å². The maximum absolute atomic E-state index is 11.3. The number of esters is 1. The van der Waals surface area contributed by atoms with E-state index in [1.54, 1.807) is 19.1 Å². The van der Waals surface area contributed by atoms with Gasteiger partial charge < -0.3 is 15.6 Å². The number of aliphatic carboxylic acids is 1. The first-order valence-electron chi connectivity index (χ1n) is 4.25. The number of hydrogen-bond acceptors (Lipinski definition) is 4. The molecule has 1 rings (SSSR count). The maximum Gasteiger partial charge on any atom is 0.341 e. The Morgan fingerprint density at radius 3 is 2.67 bits per heavy atom. The molecule has 0 saturated heterocycles. The summed E-state index contributed by atoms with van der Waals surface area (Å²) in [5.74, 6) is -1.85. The van der Waals surface area contributed by atoms with Crippen LogP contribution in [0.4, 0.5) is 5.69 Å². The minimum atomic E-state index is -1.18. The van der Waals surface area contributed by atoms with E-state index in [0.29, 0.717) is 11.3 Å². The zero-order valence-electron chi connectivity index (χ0n) is 8.19. The molecule has 0 fully saturated rings. The molecule has 1 aromatic rings. The number of aryl methyl sites for hydroxylation is 1. The molecule has 5 heteroatoms. The lowest BCUT2D eigenvalue weighted by atomic mass is 10.1. The lowest BCUT2D eigenvalue weighted by molar-refractivity contribution is -0.140. The molecule has 5 nitrogen and oxygen atoms in total. The van der Waals surface area contributed by atoms with E-state index in [2.05, 4.69) is 4.74 Å². The van der Waals surface area contributed by atoms with Crippen LogP contribution in [0.25, 0.3) is 0 Å². The van der Waals surface area contributed by atoms with Gasteiger partial charge in [0.15, 0.2) is 6.61 Å². The third-order valence-electron chi connectivity index (χ3n) is 1.83. The van der Waals surface area contributed by atoms with Crippen molar-refractivity contribution in [2.75, 3.05) is 12.3 Å². The van der Waals surface area contributed by atoms with Crippen molar-refractivity contribution in [3.05, 3.63) is 29.3 Å². The van der Waals surface area contributed by atoms with Crippen LogP contribution < -0.4 is 5.73 Å². The van der Waals surface area contributed by atoms with Gasteiger partial charge in [0.05, 0.1) is 5.56 Å². The van der Waals surface area contributed by atoms with Crippen LogP contribution in [0.1, 0.15) is 15.9 Å². The van der Waals surface area contributed by atoms with Gasteiger partial charge in [-0.25, -0.2) is 9.59 Å². The second-order valence-corrected chi connectivity index (χ2v) is 3.04. The van der Waals surface area contributed by atoms with Crippen molar-refractivity contribution in [1.29, 1.82) is 0 Å². The molecule has 0 amide bonds. The second kappa shape index (κ2) is 4.45. The highest BCUT2D eigenvalue weighted by molar-refractivity contribution is 5.91. The number of nitrogens with two attached hydrogens (primary N) is 1. The molecule has 0 aliphatic rings. The highest BCUT2D eigenvalue weighted by Gasteiger charge is 2.09. The van der Waals surface area contributed by atoms with Crippen molar-refractivity contribution < 1.29 is 19.4 Å². The molecule has 1 aromatic carbocycles. The summed E-state index contributed by atoms with van der Waals surface area (Å²) in [6, 6.07) is 4.62. The first kappa shape index (κ1) is 11.0. The molecule has 0 radical (unpaired) electrons. The van der Waals surface area contributed by atoms with Gasteiger partial charge in [-0.15, -0.1) is 0 Å². The number of carboxylic acid groups (broad SMARTS) is 1. The van der Waals surface area contributed by atoms with Crippen LogP contribution in [0.3, 0.4) is 0 Å². The van der Waals surface area contributed by atoms with Crippen LogP contribution in [0, 0.1) is 6.92 Å². The molecule has 0 spiro atoms. The number of carbonyl (C=O) groups excluding carboxylic acids is 1. The third-order valence-corrected chi connectivity index (χ3v) is 1.83. The Kier molecular flexibility index (Phi) is 3.28. The van der Waals surface area contributed by atoms with Crippen LogP contribution >= 0.6 is 0 Å². The average Bonchev–Trinajstić information content (AvgIpc) is 2.18. The largest absolute Gasteiger partial charge is 0.479 e. The van der Waals surface area contributed by atoms with Gasteiger partial charge in [-0.3, -0.25) is 0 Å². The van der Waals surface area contributed by atoms with Gasteiger partial charge in [0.1, 0.15) is 0 Å². The zero-order chi connectivity index (χ0) is 11.4. The van der Waals surface area contributed by atoms with Crippen molar-refractivity contribution in [1.82, 2.24) is 0 Å². The van der Waals surface area contributed by atoms with E-state index in [1.165, 1.54) is 6.07 Å². The Balaban J connectivity index is 2.74. The summed E-state index contributed by atoms with van der Waals surface area (Å²) in [6.45, 7) is 1.12. The topological polar surface area (TPSA) is 89.6 Å². The third kappa shape index (κ3) is 2.98. The van der Waals surface area contributed by atoms with Crippen molar-refractivity contribution in [3.8, 4) is 0 Å². The highest BCUT2D eigenvalue weighted by Crippen LogP contribution is 2.13. The van der Waals surface area contributed by atoms with Crippen LogP contribution in [-0.4, -0.2) is 23.7 Å². The summed E-state index contributed by atoms with van der Waals surface area (Å²) in [4.78, 5) is 21.4. The monoisotopic (exact) mass is 209 g/mol. The molecule has 0 aliphatic heterocycles. The fourth-order valence-corrected chi connectivity index (χ4v) is 1.01. The fraction of sp³-hybridized carbons (Fsp3) is 0.200. The Morgan fingerprint density at radius 1 is 1.47 bits per heavy atom. The normalized spacial score (nSPS) is 9.67. The molecule has 0 aliphatic carbocycles. The molecule has 0 aromatic heterocycles. The first-order chi connectivity index (χ1) is 7.00. The predicted octanol–water partition coefficient (Wildman–Crippen LogP) is 0.819. The molecule has 0 saturated carbocycles. The van der Waals surface area contributed by atoms with Crippen LogP contribution in [-0.2, 0) is 9.53 Å². The number of carbonyl (C=O) groups is 2. The quantitative estimate of drug-likeness (QED) is 0.568. The molecular formula is C10H11NO4. The number of carboxylic acids is 1. The smallest absolute Gasteiger partial charge is 0.341 e. The summed E-state index contributed by atoms with van der Waals surface area (Å²) >= 11 is 0. The van der Waals surface area contributed by atoms with Crippen molar-refractivity contribution in [2.24, 2.45) is 0 Å². The van der Waals surface area contributed by atoms with Gasteiger partial charge in [0, 0.05) is 5.69 Å². The minimum Gasteiger partial charge on any atom is -0.479 e. The van der Waals surface area contributed by atoms with Gasteiger partial charge in [-0.2, -0.15) is 0 Å². The van der Waals surface area contributed by atoms with Gasteiger partial charge in [-0.1, -0.05) is 0 Å². The second-order valence-electron chi connectivity index (χ2n) is 3.04. The van der Waals surface area contributed by atoms with Gasteiger partial charge in [0.2, 0.25) is 0 Å². The fourth-order valence-electron chi connectivity index (χ4n) is 1.01. The Morgan fingerprint density at radius 2 is 2.13 bits per heavy atom. The molecular weight excluding hydrogens is 198 g/mol. The van der Waals surface area contributed by atoms with E-state index in [4.69, 9.17) is 10.8 Å². The van der Waals surface area contributed by atoms with Gasteiger partial charge >= 0.3 is 11.9 Å². The zero-order valence-corrected chi connectivity index (χ0v) is 8.19. The molecule has 0 unspecified atom stereocenters. The lowest BCUT2D eigenvalue weighted by Crippen LogP contribution is -2.13. The Hall–Kier alpha value is -2.04. The molecule has 0 atom stereocenters. The average molecular weight is 209 g/mol. The molecule has 0 heterocycles. The SMILES string of the molecule is Cc1cc(C(=O)OCC(=O)O)ccc1N. The molecule has 15 heavy (non-hydrogen) atoms. The van der Waals surface area contributed by atoms with E-state index >= 15 is 0 Å². The summed E-state index contributed by atoms with van der Waals surface area (Å²) in [7, 11) is 0. The number of nitrogen functional groups attached to an aromatic ring is 1. The van der Waals surface area contributed by atoms with E-state index in [0.717, 1.165) is 5.56 Å². The molecule has 80 valence electrons. The number of hydrogen-bond donors (Lipinski definition) is 2. The van der Waals surface area contributed by atoms with E-state index < -0.39 is 18.5 Å². The summed E-state index contributed by atoms with van der Waals surface area (Å²) in [5, 5.41) is 8.31. The van der Waals surface area contributed by atoms with Gasteiger partial charge in [-0.05, 0) is 30.7 Å². The van der Waals surface area contributed by atoms with Crippen LogP contribution in [0.2, 0.25) is 0 Å². The first-order valence-corrected chi connectivity index (χ1v) is 4.25. The summed E-state index contributed by atoms with van der Waals surface area (Å²) in [5.41, 5.74) is 7.18. The number of ether oxygens (including phenoxy) is 1. The Labute approximate surface area is 86.5 Å². The Bertz CT molecular complexity index is 400. The standard InChI is InChI=1S/C10H11NO4/c1-6-4-7(2-3-8(6)11)10(14)15-5-9(12)13/h2-4H,5,11H2,1H3,(H,12,13). The summed E-state index contributed by atoms with van der Waals surface area (Å²) < 4.78 is 4.51. The van der Waals surface area contributed by atoms with E-state index in [-0.39, 0.29) is 0 Å². The van der Waals surface area contributed by atoms with Crippen LogP contribution in [0.5, 0.6) is 0 Å². The number of benzene rings is 1. The highest BCUT2D eigenvalue weighted by atomic mass is 16.5. The van der Waals surface area contributed by atoms with E-state index in [1.807, 2.05) is 0 Å². The molecule has 3 N–H and O–H groups in total. The number of rotatable bonds is 3. The van der Waals surface area contributed by atoms with Crippen molar-refractivity contribution in [3.63, 3.8) is 0 Å². The van der Waals surface area contributed by atoms with Gasteiger partial charge in [0.25, 0.3) is 0 Å². The predicted molar refractivity (Wildman–Crippen MR) is 53.5 cm³/mol. The summed E-state index contributed by atoms with van der Waals surface area (Å²) in [6.07, 6.45) is 0. The lowest BCUT2D eigenvalue weighted by Gasteiger charge is -2.04. The number of anilines is 1. The van der Waals surface area contributed by atoms with Crippen molar-refractivity contribution in [2.45, 2.75) is 6.92 Å².